The van der Waals surface area contributed by atoms with E-state index < -0.39 is 0 Å². The van der Waals surface area contributed by atoms with E-state index in [9.17, 15) is 4.79 Å². The van der Waals surface area contributed by atoms with E-state index in [0.29, 0.717) is 23.1 Å². The molecule has 0 spiro atoms. The zero-order valence-corrected chi connectivity index (χ0v) is 13.4. The molecule has 1 saturated heterocycles. The van der Waals surface area contributed by atoms with Crippen molar-refractivity contribution in [3.8, 4) is 16.2 Å². The van der Waals surface area contributed by atoms with Gasteiger partial charge in [0.2, 0.25) is 0 Å². The number of carbonyl (C=O) groups excluding carboxylic acids is 1. The molecule has 0 radical (unpaired) electrons. The number of carbonyl (C=O) groups is 1. The van der Waals surface area contributed by atoms with Crippen LogP contribution in [0.15, 0.2) is 36.4 Å². The molecule has 2 heterocycles. The van der Waals surface area contributed by atoms with Gasteiger partial charge >= 0.3 is 0 Å². The lowest BCUT2D eigenvalue weighted by Crippen LogP contribution is -2.29. The summed E-state index contributed by atoms with van der Waals surface area (Å²) >= 11 is 1.49. The van der Waals surface area contributed by atoms with Crippen LogP contribution in [-0.2, 0) is 0 Å². The number of nitrogens with two attached hydrogens (primary N) is 1. The first-order valence-corrected chi connectivity index (χ1v) is 8.27. The molecule has 0 saturated carbocycles. The standard InChI is InChI=1S/C17H20N2O2S/c1-21-14-9-15(13-5-3-2-4-6-13)22-16(14)17(20)19-8-7-12(10-18)11-19/h2-6,9,12H,7-8,10-11,18H2,1H3. The Morgan fingerprint density at radius 1 is 1.41 bits per heavy atom. The Hall–Kier alpha value is -1.85. The molecular weight excluding hydrogens is 296 g/mol. The molecule has 1 aliphatic rings. The summed E-state index contributed by atoms with van der Waals surface area (Å²) in [4.78, 5) is 16.4. The first kappa shape index (κ1) is 15.1. The Kier molecular flexibility index (Phi) is 4.45. The summed E-state index contributed by atoms with van der Waals surface area (Å²) < 4.78 is 5.42. The molecule has 22 heavy (non-hydrogen) atoms. The van der Waals surface area contributed by atoms with Crippen LogP contribution in [0.3, 0.4) is 0 Å². The summed E-state index contributed by atoms with van der Waals surface area (Å²) in [5.41, 5.74) is 6.81. The van der Waals surface area contributed by atoms with Gasteiger partial charge in [-0.25, -0.2) is 0 Å². The van der Waals surface area contributed by atoms with Crippen molar-refractivity contribution in [2.75, 3.05) is 26.7 Å². The molecule has 3 rings (SSSR count). The Bertz CT molecular complexity index is 654. The maximum Gasteiger partial charge on any atom is 0.267 e. The van der Waals surface area contributed by atoms with Crippen LogP contribution in [0.1, 0.15) is 16.1 Å². The first-order valence-electron chi connectivity index (χ1n) is 7.45. The Balaban J connectivity index is 1.87. The van der Waals surface area contributed by atoms with Crippen molar-refractivity contribution in [2.24, 2.45) is 11.7 Å². The molecule has 4 nitrogen and oxygen atoms in total. The smallest absolute Gasteiger partial charge is 0.267 e. The number of nitrogens with zero attached hydrogens (tertiary/aromatic N) is 1. The maximum absolute atomic E-state index is 12.7. The minimum atomic E-state index is 0.0555. The molecule has 1 unspecified atom stereocenters. The van der Waals surface area contributed by atoms with Crippen LogP contribution < -0.4 is 10.5 Å². The van der Waals surface area contributed by atoms with Crippen LogP contribution in [0.5, 0.6) is 5.75 Å². The van der Waals surface area contributed by atoms with E-state index in [2.05, 4.69) is 0 Å². The highest BCUT2D eigenvalue weighted by Gasteiger charge is 2.29. The molecule has 0 aliphatic carbocycles. The average molecular weight is 316 g/mol. The van der Waals surface area contributed by atoms with Gasteiger partial charge in [-0.3, -0.25) is 4.79 Å². The van der Waals surface area contributed by atoms with E-state index >= 15 is 0 Å². The normalized spacial score (nSPS) is 17.7. The maximum atomic E-state index is 12.7. The van der Waals surface area contributed by atoms with Gasteiger partial charge in [0.05, 0.1) is 7.11 Å². The predicted molar refractivity (Wildman–Crippen MR) is 89.4 cm³/mol. The highest BCUT2D eigenvalue weighted by atomic mass is 32.1. The fourth-order valence-electron chi connectivity index (χ4n) is 2.77. The molecule has 5 heteroatoms. The van der Waals surface area contributed by atoms with Gasteiger partial charge in [0.15, 0.2) is 0 Å². The third-order valence-electron chi connectivity index (χ3n) is 4.08. The molecule has 116 valence electrons. The minimum Gasteiger partial charge on any atom is -0.495 e. The van der Waals surface area contributed by atoms with Crippen LogP contribution >= 0.6 is 11.3 Å². The van der Waals surface area contributed by atoms with Gasteiger partial charge in [-0.1, -0.05) is 30.3 Å². The molecule has 1 amide bonds. The predicted octanol–water partition coefficient (Wildman–Crippen LogP) is 2.84. The van der Waals surface area contributed by atoms with Crippen molar-refractivity contribution < 1.29 is 9.53 Å². The van der Waals surface area contributed by atoms with Crippen LogP contribution in [0, 0.1) is 5.92 Å². The van der Waals surface area contributed by atoms with E-state index in [1.807, 2.05) is 41.3 Å². The number of hydrogen-bond donors (Lipinski definition) is 1. The van der Waals surface area contributed by atoms with Gasteiger partial charge in [0, 0.05) is 18.0 Å². The molecule has 1 atom stereocenters. The van der Waals surface area contributed by atoms with E-state index in [1.165, 1.54) is 11.3 Å². The van der Waals surface area contributed by atoms with Crippen LogP contribution in [0.25, 0.3) is 10.4 Å². The number of benzene rings is 1. The topological polar surface area (TPSA) is 55.6 Å². The van der Waals surface area contributed by atoms with Crippen molar-refractivity contribution in [3.05, 3.63) is 41.3 Å². The van der Waals surface area contributed by atoms with Crippen molar-refractivity contribution in [1.29, 1.82) is 0 Å². The Morgan fingerprint density at radius 2 is 2.18 bits per heavy atom. The van der Waals surface area contributed by atoms with Crippen LogP contribution in [0.2, 0.25) is 0 Å². The molecule has 1 aromatic carbocycles. The number of likely N-dealkylation sites (tertiary alicyclic amines) is 1. The number of amides is 1. The second-order valence-electron chi connectivity index (χ2n) is 5.52. The minimum absolute atomic E-state index is 0.0555. The van der Waals surface area contributed by atoms with Gasteiger partial charge in [-0.15, -0.1) is 11.3 Å². The number of hydrogen-bond acceptors (Lipinski definition) is 4. The highest BCUT2D eigenvalue weighted by molar-refractivity contribution is 7.17. The van der Waals surface area contributed by atoms with E-state index in [-0.39, 0.29) is 5.91 Å². The summed E-state index contributed by atoms with van der Waals surface area (Å²) in [6.45, 7) is 2.17. The summed E-state index contributed by atoms with van der Waals surface area (Å²) in [6.07, 6.45) is 0.988. The molecule has 2 N–H and O–H groups in total. The van der Waals surface area contributed by atoms with Crippen molar-refractivity contribution >= 4 is 17.2 Å². The lowest BCUT2D eigenvalue weighted by Gasteiger charge is -2.15. The largest absolute Gasteiger partial charge is 0.495 e. The molecule has 1 aliphatic heterocycles. The second-order valence-corrected chi connectivity index (χ2v) is 6.57. The highest BCUT2D eigenvalue weighted by Crippen LogP contribution is 2.37. The first-order chi connectivity index (χ1) is 10.7. The molecular formula is C17H20N2O2S. The SMILES string of the molecule is COc1cc(-c2ccccc2)sc1C(=O)N1CCC(CN)C1. The van der Waals surface area contributed by atoms with Gasteiger partial charge in [0.1, 0.15) is 10.6 Å². The summed E-state index contributed by atoms with van der Waals surface area (Å²) in [5, 5.41) is 0. The fourth-order valence-corrected chi connectivity index (χ4v) is 3.87. The monoisotopic (exact) mass is 316 g/mol. The average Bonchev–Trinajstić information content (AvgIpc) is 3.21. The van der Waals surface area contributed by atoms with E-state index in [0.717, 1.165) is 30.0 Å². The lowest BCUT2D eigenvalue weighted by molar-refractivity contribution is 0.0789. The molecule has 2 aromatic rings. The summed E-state index contributed by atoms with van der Waals surface area (Å²) in [6, 6.07) is 12.0. The third-order valence-corrected chi connectivity index (χ3v) is 5.23. The van der Waals surface area contributed by atoms with Gasteiger partial charge in [-0.05, 0) is 30.5 Å². The van der Waals surface area contributed by atoms with Gasteiger partial charge < -0.3 is 15.4 Å². The van der Waals surface area contributed by atoms with Gasteiger partial charge in [-0.2, -0.15) is 0 Å². The zero-order valence-electron chi connectivity index (χ0n) is 12.6. The van der Waals surface area contributed by atoms with Crippen LogP contribution in [-0.4, -0.2) is 37.6 Å². The summed E-state index contributed by atoms with van der Waals surface area (Å²) in [7, 11) is 1.61. The van der Waals surface area contributed by atoms with E-state index in [4.69, 9.17) is 10.5 Å². The summed E-state index contributed by atoms with van der Waals surface area (Å²) in [5.74, 6) is 1.13. The second kappa shape index (κ2) is 6.50. The van der Waals surface area contributed by atoms with Crippen LogP contribution in [0.4, 0.5) is 0 Å². The van der Waals surface area contributed by atoms with Crippen molar-refractivity contribution in [2.45, 2.75) is 6.42 Å². The zero-order chi connectivity index (χ0) is 15.5. The fraction of sp³-hybridized carbons (Fsp3) is 0.353. The number of methoxy groups -OCH3 is 1. The Labute approximate surface area is 134 Å². The molecule has 0 bridgehead atoms. The van der Waals surface area contributed by atoms with Gasteiger partial charge in [0.25, 0.3) is 5.91 Å². The van der Waals surface area contributed by atoms with E-state index in [1.54, 1.807) is 7.11 Å². The third kappa shape index (κ3) is 2.87. The van der Waals surface area contributed by atoms with Crippen molar-refractivity contribution in [3.63, 3.8) is 0 Å². The molecule has 1 fully saturated rings. The number of ether oxygens (including phenoxy) is 1. The Morgan fingerprint density at radius 3 is 2.82 bits per heavy atom. The number of rotatable bonds is 4. The molecule has 1 aromatic heterocycles. The number of thiophene rings is 1. The quantitative estimate of drug-likeness (QED) is 0.943. The lowest BCUT2D eigenvalue weighted by atomic mass is 10.1. The van der Waals surface area contributed by atoms with Crippen molar-refractivity contribution in [1.82, 2.24) is 4.90 Å².